The molecule has 186 valence electrons. The molecule has 1 aromatic heterocycles. The molecule has 0 radical (unpaired) electrons. The molecule has 8 nitrogen and oxygen atoms in total. The molecule has 1 aliphatic rings. The molecule has 1 aliphatic carbocycles. The zero-order chi connectivity index (χ0) is 24.8. The first-order valence-electron chi connectivity index (χ1n) is 11.4. The maximum absolute atomic E-state index is 13.5. The fourth-order valence-electron chi connectivity index (χ4n) is 4.16. The number of rotatable bonds is 10. The van der Waals surface area contributed by atoms with Gasteiger partial charge in [-0.2, -0.15) is 0 Å². The van der Waals surface area contributed by atoms with Gasteiger partial charge >= 0.3 is 0 Å². The Morgan fingerprint density at radius 1 is 1.11 bits per heavy atom. The van der Waals surface area contributed by atoms with Crippen molar-refractivity contribution >= 4 is 39.8 Å². The molecule has 0 aliphatic heterocycles. The van der Waals surface area contributed by atoms with Crippen molar-refractivity contribution < 1.29 is 23.4 Å². The lowest BCUT2D eigenvalue weighted by molar-refractivity contribution is -0.121. The van der Waals surface area contributed by atoms with E-state index in [0.29, 0.717) is 35.1 Å². The molecule has 10 heteroatoms. The summed E-state index contributed by atoms with van der Waals surface area (Å²) in [5.74, 6) is 1.27. The van der Waals surface area contributed by atoms with Gasteiger partial charge in [-0.05, 0) is 49.9 Å². The molecule has 2 aromatic carbocycles. The highest BCUT2D eigenvalue weighted by atomic mass is 35.5. The van der Waals surface area contributed by atoms with Gasteiger partial charge in [0.05, 0.1) is 30.3 Å². The van der Waals surface area contributed by atoms with E-state index >= 15 is 0 Å². The summed E-state index contributed by atoms with van der Waals surface area (Å²) in [5.41, 5.74) is 1.28. The van der Waals surface area contributed by atoms with Crippen LogP contribution < -0.4 is 20.1 Å². The van der Waals surface area contributed by atoms with Crippen molar-refractivity contribution in [2.45, 2.75) is 37.8 Å². The Kier molecular flexibility index (Phi) is 8.33. The fourth-order valence-corrected chi connectivity index (χ4v) is 4.34. The summed E-state index contributed by atoms with van der Waals surface area (Å²) >= 11 is 5.92. The standard InChI is InChI=1S/C25H28ClFN4O4/c1-33-13-17(32)12-28-15-3-6-18(7-4-15)35-24-10-19-22(11-23(24)34-2)29-14-30-25(19)31-16-5-8-21(27)20(26)9-16/h5,8-11,14-15,18,28H,3-4,6-7,12-13H2,1-2H3,(H,29,30,31). The van der Waals surface area contributed by atoms with Crippen LogP contribution in [0.25, 0.3) is 10.9 Å². The zero-order valence-electron chi connectivity index (χ0n) is 19.6. The second-order valence-electron chi connectivity index (χ2n) is 8.44. The number of carbonyl (C=O) groups excluding carboxylic acids is 1. The van der Waals surface area contributed by atoms with Crippen LogP contribution in [0.5, 0.6) is 11.5 Å². The molecule has 0 bridgehead atoms. The molecule has 0 amide bonds. The summed E-state index contributed by atoms with van der Waals surface area (Å²) in [6.07, 6.45) is 4.97. The molecule has 1 saturated carbocycles. The Hall–Kier alpha value is -3.01. The minimum Gasteiger partial charge on any atom is -0.493 e. The van der Waals surface area contributed by atoms with Crippen molar-refractivity contribution in [3.63, 3.8) is 0 Å². The topological polar surface area (TPSA) is 94.6 Å². The summed E-state index contributed by atoms with van der Waals surface area (Å²) < 4.78 is 30.3. The van der Waals surface area contributed by atoms with Crippen LogP contribution in [-0.4, -0.2) is 55.3 Å². The number of nitrogens with zero attached hydrogens (tertiary/aromatic N) is 2. The molecule has 3 aromatic rings. The van der Waals surface area contributed by atoms with E-state index < -0.39 is 5.82 Å². The lowest BCUT2D eigenvalue weighted by atomic mass is 9.93. The van der Waals surface area contributed by atoms with Gasteiger partial charge in [0.15, 0.2) is 17.3 Å². The number of benzene rings is 2. The number of Topliss-reactive ketones (excluding diaryl/α,β-unsaturated/α-hetero) is 1. The molecule has 35 heavy (non-hydrogen) atoms. The van der Waals surface area contributed by atoms with E-state index in [-0.39, 0.29) is 29.6 Å². The highest BCUT2D eigenvalue weighted by Crippen LogP contribution is 2.37. The first-order chi connectivity index (χ1) is 17.0. The van der Waals surface area contributed by atoms with Gasteiger partial charge in [0, 0.05) is 30.3 Å². The van der Waals surface area contributed by atoms with E-state index in [4.69, 9.17) is 25.8 Å². The second kappa shape index (κ2) is 11.6. The summed E-state index contributed by atoms with van der Waals surface area (Å²) in [6.45, 7) is 0.444. The molecular weight excluding hydrogens is 475 g/mol. The minimum absolute atomic E-state index is 0.0195. The molecule has 0 atom stereocenters. The number of hydrogen-bond donors (Lipinski definition) is 2. The van der Waals surface area contributed by atoms with Crippen molar-refractivity contribution in [2.75, 3.05) is 32.7 Å². The summed E-state index contributed by atoms with van der Waals surface area (Å²) in [7, 11) is 3.11. The number of nitrogens with one attached hydrogen (secondary N) is 2. The molecule has 0 saturated heterocycles. The van der Waals surface area contributed by atoms with Gasteiger partial charge in [0.25, 0.3) is 0 Å². The average molecular weight is 503 g/mol. The predicted octanol–water partition coefficient (Wildman–Crippen LogP) is 4.67. The normalized spacial score (nSPS) is 17.8. The number of halogens is 2. The third-order valence-corrected chi connectivity index (χ3v) is 6.25. The van der Waals surface area contributed by atoms with Gasteiger partial charge in [0.2, 0.25) is 0 Å². The minimum atomic E-state index is -0.489. The largest absolute Gasteiger partial charge is 0.493 e. The van der Waals surface area contributed by atoms with E-state index in [1.165, 1.54) is 25.6 Å². The van der Waals surface area contributed by atoms with Gasteiger partial charge in [-0.15, -0.1) is 0 Å². The Bertz CT molecular complexity index is 1190. The van der Waals surface area contributed by atoms with Crippen LogP contribution in [0.3, 0.4) is 0 Å². The van der Waals surface area contributed by atoms with Gasteiger partial charge in [-0.3, -0.25) is 4.79 Å². The van der Waals surface area contributed by atoms with Gasteiger partial charge in [0.1, 0.15) is 24.6 Å². The fraction of sp³-hybridized carbons (Fsp3) is 0.400. The van der Waals surface area contributed by atoms with Crippen molar-refractivity contribution in [2.24, 2.45) is 0 Å². The van der Waals surface area contributed by atoms with Crippen LogP contribution in [0.1, 0.15) is 25.7 Å². The predicted molar refractivity (Wildman–Crippen MR) is 132 cm³/mol. The number of ether oxygens (including phenoxy) is 3. The van der Waals surface area contributed by atoms with E-state index in [2.05, 4.69) is 20.6 Å². The smallest absolute Gasteiger partial charge is 0.172 e. The Balaban J connectivity index is 1.47. The number of fused-ring (bicyclic) bond motifs is 1. The Morgan fingerprint density at radius 2 is 1.91 bits per heavy atom. The summed E-state index contributed by atoms with van der Waals surface area (Å²) in [6, 6.07) is 8.33. The third-order valence-electron chi connectivity index (χ3n) is 5.96. The second-order valence-corrected chi connectivity index (χ2v) is 8.85. The van der Waals surface area contributed by atoms with Crippen molar-refractivity contribution in [1.82, 2.24) is 15.3 Å². The molecule has 0 unspecified atom stereocenters. The van der Waals surface area contributed by atoms with Crippen LogP contribution in [0, 0.1) is 5.82 Å². The summed E-state index contributed by atoms with van der Waals surface area (Å²) in [5, 5.41) is 7.24. The van der Waals surface area contributed by atoms with Gasteiger partial charge in [-0.25, -0.2) is 14.4 Å². The van der Waals surface area contributed by atoms with Crippen LogP contribution in [-0.2, 0) is 9.53 Å². The van der Waals surface area contributed by atoms with Crippen molar-refractivity contribution in [1.29, 1.82) is 0 Å². The maximum Gasteiger partial charge on any atom is 0.172 e. The van der Waals surface area contributed by atoms with Gasteiger partial charge < -0.3 is 24.8 Å². The Morgan fingerprint density at radius 3 is 2.63 bits per heavy atom. The van der Waals surface area contributed by atoms with Crippen molar-refractivity contribution in [3.05, 3.63) is 47.5 Å². The third kappa shape index (κ3) is 6.36. The first-order valence-corrected chi connectivity index (χ1v) is 11.8. The highest BCUT2D eigenvalue weighted by molar-refractivity contribution is 6.31. The lowest BCUT2D eigenvalue weighted by Crippen LogP contribution is -2.39. The monoisotopic (exact) mass is 502 g/mol. The van der Waals surface area contributed by atoms with E-state index in [1.54, 1.807) is 13.2 Å². The first kappa shape index (κ1) is 25.1. The number of methoxy groups -OCH3 is 2. The van der Waals surface area contributed by atoms with Crippen LogP contribution >= 0.6 is 11.6 Å². The molecule has 0 spiro atoms. The molecule has 1 fully saturated rings. The Labute approximate surface area is 208 Å². The molecular formula is C25H28ClFN4O4. The van der Waals surface area contributed by atoms with Crippen LogP contribution in [0.4, 0.5) is 15.9 Å². The van der Waals surface area contributed by atoms with Crippen LogP contribution in [0.2, 0.25) is 5.02 Å². The lowest BCUT2D eigenvalue weighted by Gasteiger charge is -2.30. The molecule has 2 N–H and O–H groups in total. The average Bonchev–Trinajstić information content (AvgIpc) is 2.86. The molecule has 1 heterocycles. The number of carbonyl (C=O) groups is 1. The number of aromatic nitrogens is 2. The quantitative estimate of drug-likeness (QED) is 0.413. The zero-order valence-corrected chi connectivity index (χ0v) is 20.4. The van der Waals surface area contributed by atoms with Crippen LogP contribution in [0.15, 0.2) is 36.7 Å². The van der Waals surface area contributed by atoms with E-state index in [0.717, 1.165) is 31.1 Å². The van der Waals surface area contributed by atoms with E-state index in [9.17, 15) is 9.18 Å². The van der Waals surface area contributed by atoms with Crippen molar-refractivity contribution in [3.8, 4) is 11.5 Å². The van der Waals surface area contributed by atoms with Gasteiger partial charge in [-0.1, -0.05) is 11.6 Å². The number of anilines is 2. The number of ketones is 1. The van der Waals surface area contributed by atoms with E-state index in [1.807, 2.05) is 12.1 Å². The number of hydrogen-bond acceptors (Lipinski definition) is 8. The highest BCUT2D eigenvalue weighted by Gasteiger charge is 2.24. The SMILES string of the molecule is COCC(=O)CNC1CCC(Oc2cc3c(Nc4ccc(F)c(Cl)c4)ncnc3cc2OC)CC1. The maximum atomic E-state index is 13.5. The summed E-state index contributed by atoms with van der Waals surface area (Å²) in [4.78, 5) is 20.4. The molecule has 4 rings (SSSR count).